The van der Waals surface area contributed by atoms with Gasteiger partial charge in [0.05, 0.1) is 12.0 Å². The van der Waals surface area contributed by atoms with Crippen LogP contribution in [0, 0.1) is 6.92 Å². The van der Waals surface area contributed by atoms with Gasteiger partial charge in [-0.25, -0.2) is 4.79 Å². The zero-order valence-electron chi connectivity index (χ0n) is 10.6. The van der Waals surface area contributed by atoms with E-state index in [1.54, 1.807) is 4.90 Å². The molecule has 1 aliphatic rings. The summed E-state index contributed by atoms with van der Waals surface area (Å²) >= 11 is 1.47. The SMILES string of the molecule is COC(=O)[C@@H]1CCCCN1C(=O)c1ccc(C)s1. The highest BCUT2D eigenvalue weighted by Crippen LogP contribution is 2.23. The van der Waals surface area contributed by atoms with Gasteiger partial charge in [-0.1, -0.05) is 0 Å². The Morgan fingerprint density at radius 1 is 1.39 bits per heavy atom. The van der Waals surface area contributed by atoms with E-state index in [9.17, 15) is 9.59 Å². The maximum absolute atomic E-state index is 12.4. The maximum atomic E-state index is 12.4. The summed E-state index contributed by atoms with van der Waals surface area (Å²) in [4.78, 5) is 27.5. The van der Waals surface area contributed by atoms with Crippen LogP contribution < -0.4 is 0 Å². The van der Waals surface area contributed by atoms with Gasteiger partial charge in [0.2, 0.25) is 0 Å². The topological polar surface area (TPSA) is 46.6 Å². The lowest BCUT2D eigenvalue weighted by Gasteiger charge is -2.33. The number of esters is 1. The summed E-state index contributed by atoms with van der Waals surface area (Å²) in [5, 5.41) is 0. The molecule has 0 spiro atoms. The van der Waals surface area contributed by atoms with Gasteiger partial charge in [0.15, 0.2) is 0 Å². The molecule has 1 aromatic heterocycles. The molecule has 5 heteroatoms. The molecule has 1 aliphatic heterocycles. The lowest BCUT2D eigenvalue weighted by molar-refractivity contribution is -0.147. The molecule has 1 atom stereocenters. The van der Waals surface area contributed by atoms with Crippen molar-refractivity contribution < 1.29 is 14.3 Å². The summed E-state index contributed by atoms with van der Waals surface area (Å²) in [6, 6.07) is 3.33. The Balaban J connectivity index is 2.18. The summed E-state index contributed by atoms with van der Waals surface area (Å²) < 4.78 is 4.78. The molecule has 0 bridgehead atoms. The Morgan fingerprint density at radius 2 is 2.17 bits per heavy atom. The van der Waals surface area contributed by atoms with Gasteiger partial charge in [0, 0.05) is 11.4 Å². The summed E-state index contributed by atoms with van der Waals surface area (Å²) in [6.45, 7) is 2.60. The van der Waals surface area contributed by atoms with Crippen LogP contribution in [0.25, 0.3) is 0 Å². The smallest absolute Gasteiger partial charge is 0.328 e. The molecule has 2 rings (SSSR count). The fraction of sp³-hybridized carbons (Fsp3) is 0.538. The molecule has 1 amide bonds. The summed E-state index contributed by atoms with van der Waals surface area (Å²) in [5.41, 5.74) is 0. The molecule has 18 heavy (non-hydrogen) atoms. The maximum Gasteiger partial charge on any atom is 0.328 e. The number of thiophene rings is 1. The molecule has 0 N–H and O–H groups in total. The third kappa shape index (κ3) is 2.56. The Hall–Kier alpha value is -1.36. The number of ether oxygens (including phenoxy) is 1. The molecule has 4 nitrogen and oxygen atoms in total. The quantitative estimate of drug-likeness (QED) is 0.772. The molecule has 1 aromatic rings. The summed E-state index contributed by atoms with van der Waals surface area (Å²) in [6.07, 6.45) is 2.61. The van der Waals surface area contributed by atoms with Gasteiger partial charge in [-0.3, -0.25) is 4.79 Å². The summed E-state index contributed by atoms with van der Waals surface area (Å²) in [7, 11) is 1.37. The van der Waals surface area contributed by atoms with Crippen molar-refractivity contribution in [3.8, 4) is 0 Å². The van der Waals surface area contributed by atoms with E-state index in [1.807, 2.05) is 19.1 Å². The normalized spacial score (nSPS) is 19.7. The fourth-order valence-electron chi connectivity index (χ4n) is 2.25. The van der Waals surface area contributed by atoms with Gasteiger partial charge < -0.3 is 9.64 Å². The number of likely N-dealkylation sites (tertiary alicyclic amines) is 1. The second kappa shape index (κ2) is 5.52. The van der Waals surface area contributed by atoms with Crippen molar-refractivity contribution in [3.05, 3.63) is 21.9 Å². The van der Waals surface area contributed by atoms with Crippen LogP contribution in [0.2, 0.25) is 0 Å². The standard InChI is InChI=1S/C13H17NO3S/c1-9-6-7-11(18-9)12(15)14-8-4-3-5-10(14)13(16)17-2/h6-7,10H,3-5,8H2,1-2H3/t10-/m0/s1. The molecule has 0 unspecified atom stereocenters. The zero-order valence-corrected chi connectivity index (χ0v) is 11.5. The lowest BCUT2D eigenvalue weighted by atomic mass is 10.0. The largest absolute Gasteiger partial charge is 0.467 e. The first-order valence-corrected chi connectivity index (χ1v) is 6.90. The van der Waals surface area contributed by atoms with E-state index in [4.69, 9.17) is 4.74 Å². The average molecular weight is 267 g/mol. The number of piperidine rings is 1. The van der Waals surface area contributed by atoms with E-state index in [2.05, 4.69) is 0 Å². The monoisotopic (exact) mass is 267 g/mol. The number of rotatable bonds is 2. The summed E-state index contributed by atoms with van der Waals surface area (Å²) in [5.74, 6) is -0.362. The van der Waals surface area contributed by atoms with Crippen molar-refractivity contribution in [3.63, 3.8) is 0 Å². The van der Waals surface area contributed by atoms with Gasteiger partial charge in [-0.05, 0) is 38.3 Å². The van der Waals surface area contributed by atoms with Gasteiger partial charge in [-0.2, -0.15) is 0 Å². The molecule has 1 saturated heterocycles. The highest BCUT2D eigenvalue weighted by Gasteiger charge is 2.33. The van der Waals surface area contributed by atoms with Crippen LogP contribution in [0.15, 0.2) is 12.1 Å². The number of carbonyl (C=O) groups is 2. The first-order valence-electron chi connectivity index (χ1n) is 6.08. The number of nitrogens with zero attached hydrogens (tertiary/aromatic N) is 1. The average Bonchev–Trinajstić information content (AvgIpc) is 2.83. The van der Waals surface area contributed by atoms with Crippen LogP contribution in [0.5, 0.6) is 0 Å². The number of amides is 1. The van der Waals surface area contributed by atoms with Crippen molar-refractivity contribution in [2.75, 3.05) is 13.7 Å². The zero-order chi connectivity index (χ0) is 13.1. The van der Waals surface area contributed by atoms with Gasteiger partial charge in [-0.15, -0.1) is 11.3 Å². The Bertz CT molecular complexity index is 455. The Kier molecular flexibility index (Phi) is 4.01. The number of hydrogen-bond donors (Lipinski definition) is 0. The van der Waals surface area contributed by atoms with Crippen molar-refractivity contribution in [1.82, 2.24) is 4.90 Å². The molecule has 0 saturated carbocycles. The van der Waals surface area contributed by atoms with E-state index in [0.717, 1.165) is 17.7 Å². The van der Waals surface area contributed by atoms with Crippen LogP contribution in [0.3, 0.4) is 0 Å². The van der Waals surface area contributed by atoms with Crippen molar-refractivity contribution in [2.45, 2.75) is 32.2 Å². The third-order valence-electron chi connectivity index (χ3n) is 3.19. The molecule has 2 heterocycles. The van der Waals surface area contributed by atoms with Crippen LogP contribution >= 0.6 is 11.3 Å². The van der Waals surface area contributed by atoms with Crippen molar-refractivity contribution in [2.24, 2.45) is 0 Å². The molecule has 1 fully saturated rings. The number of aryl methyl sites for hydroxylation is 1. The molecular formula is C13H17NO3S. The van der Waals surface area contributed by atoms with Crippen LogP contribution in [-0.4, -0.2) is 36.5 Å². The minimum Gasteiger partial charge on any atom is -0.467 e. The molecule has 0 aliphatic carbocycles. The fourth-order valence-corrected chi connectivity index (χ4v) is 3.07. The van der Waals surface area contributed by atoms with Crippen LogP contribution in [0.1, 0.15) is 33.8 Å². The van der Waals surface area contributed by atoms with E-state index >= 15 is 0 Å². The Morgan fingerprint density at radius 3 is 2.78 bits per heavy atom. The van der Waals surface area contributed by atoms with Gasteiger partial charge in [0.1, 0.15) is 6.04 Å². The van der Waals surface area contributed by atoms with Crippen molar-refractivity contribution >= 4 is 23.2 Å². The van der Waals surface area contributed by atoms with E-state index in [0.29, 0.717) is 17.8 Å². The molecule has 0 aromatic carbocycles. The number of hydrogen-bond acceptors (Lipinski definition) is 4. The van der Waals surface area contributed by atoms with Gasteiger partial charge >= 0.3 is 5.97 Å². The van der Waals surface area contributed by atoms with Crippen LogP contribution in [0.4, 0.5) is 0 Å². The molecule has 0 radical (unpaired) electrons. The first kappa shape index (κ1) is 13.1. The van der Waals surface area contributed by atoms with E-state index in [1.165, 1.54) is 18.4 Å². The highest BCUT2D eigenvalue weighted by molar-refractivity contribution is 7.13. The molecular weight excluding hydrogens is 250 g/mol. The number of carbonyl (C=O) groups excluding carboxylic acids is 2. The second-order valence-electron chi connectivity index (χ2n) is 4.44. The van der Waals surface area contributed by atoms with E-state index in [-0.39, 0.29) is 11.9 Å². The predicted octanol–water partition coefficient (Wildman–Crippen LogP) is 2.22. The third-order valence-corrected chi connectivity index (χ3v) is 4.18. The lowest BCUT2D eigenvalue weighted by Crippen LogP contribution is -2.48. The van der Waals surface area contributed by atoms with Gasteiger partial charge in [0.25, 0.3) is 5.91 Å². The minimum absolute atomic E-state index is 0.0526. The highest BCUT2D eigenvalue weighted by atomic mass is 32.1. The second-order valence-corrected chi connectivity index (χ2v) is 5.73. The minimum atomic E-state index is -0.418. The van der Waals surface area contributed by atoms with Crippen LogP contribution in [-0.2, 0) is 9.53 Å². The molecule has 98 valence electrons. The predicted molar refractivity (Wildman–Crippen MR) is 69.7 cm³/mol. The number of methoxy groups -OCH3 is 1. The van der Waals surface area contributed by atoms with E-state index < -0.39 is 6.04 Å². The first-order chi connectivity index (χ1) is 8.63. The van der Waals surface area contributed by atoms with Crippen molar-refractivity contribution in [1.29, 1.82) is 0 Å². The Labute approximate surface area is 111 Å².